The van der Waals surface area contributed by atoms with Crippen LogP contribution < -0.4 is 10.0 Å². The molecule has 0 spiro atoms. The van der Waals surface area contributed by atoms with E-state index < -0.39 is 15.9 Å². The molecule has 1 amide bonds. The van der Waals surface area contributed by atoms with Gasteiger partial charge in [0.1, 0.15) is 0 Å². The van der Waals surface area contributed by atoms with E-state index in [1.165, 1.54) is 18.2 Å². The first-order valence-electron chi connectivity index (χ1n) is 7.32. The lowest BCUT2D eigenvalue weighted by Gasteiger charge is -2.13. The molecule has 0 aliphatic carbocycles. The quantitative estimate of drug-likeness (QED) is 0.853. The lowest BCUT2D eigenvalue weighted by molar-refractivity contribution is -0.115. The van der Waals surface area contributed by atoms with E-state index in [0.717, 1.165) is 16.7 Å². The summed E-state index contributed by atoms with van der Waals surface area (Å²) in [5.41, 5.74) is 3.66. The van der Waals surface area contributed by atoms with Crippen molar-refractivity contribution in [3.63, 3.8) is 0 Å². The largest absolute Gasteiger partial charge is 0.324 e. The van der Waals surface area contributed by atoms with Crippen LogP contribution in [-0.4, -0.2) is 20.9 Å². The number of carbonyl (C=O) groups is 1. The molecule has 0 radical (unpaired) electrons. The van der Waals surface area contributed by atoms with E-state index in [0.29, 0.717) is 10.7 Å². The third-order valence-corrected chi connectivity index (χ3v) is 5.10. The Morgan fingerprint density at radius 3 is 2.29 bits per heavy atom. The summed E-state index contributed by atoms with van der Waals surface area (Å²) in [6, 6.07) is 9.78. The van der Waals surface area contributed by atoms with Crippen molar-refractivity contribution in [3.8, 4) is 0 Å². The number of amides is 1. The average Bonchev–Trinajstić information content (AvgIpc) is 2.49. The van der Waals surface area contributed by atoms with Gasteiger partial charge in [-0.2, -0.15) is 0 Å². The zero-order chi connectivity index (χ0) is 17.9. The molecule has 2 N–H and O–H groups in total. The molecule has 0 fully saturated rings. The van der Waals surface area contributed by atoms with Gasteiger partial charge in [0, 0.05) is 10.7 Å². The highest BCUT2D eigenvalue weighted by atomic mass is 35.5. The van der Waals surface area contributed by atoms with E-state index in [-0.39, 0.29) is 11.4 Å². The van der Waals surface area contributed by atoms with Crippen LogP contribution in [0.5, 0.6) is 0 Å². The maximum atomic E-state index is 12.2. The Hall–Kier alpha value is -1.89. The summed E-state index contributed by atoms with van der Waals surface area (Å²) in [7, 11) is -3.79. The maximum absolute atomic E-state index is 12.2. The summed E-state index contributed by atoms with van der Waals surface area (Å²) in [5.74, 6) is -0.435. The number of sulfonamides is 1. The Morgan fingerprint density at radius 2 is 1.71 bits per heavy atom. The molecule has 128 valence electrons. The van der Waals surface area contributed by atoms with Crippen molar-refractivity contribution in [3.05, 3.63) is 58.1 Å². The summed E-state index contributed by atoms with van der Waals surface area (Å²) >= 11 is 5.80. The molecule has 0 saturated heterocycles. The van der Waals surface area contributed by atoms with E-state index in [1.54, 1.807) is 6.07 Å². The Kier molecular flexibility index (Phi) is 5.64. The molecule has 2 rings (SSSR count). The van der Waals surface area contributed by atoms with Crippen molar-refractivity contribution in [2.45, 2.75) is 25.7 Å². The first-order chi connectivity index (χ1) is 11.2. The third-order valence-electron chi connectivity index (χ3n) is 3.47. The number of carbonyl (C=O) groups excluding carboxylic acids is 1. The topological polar surface area (TPSA) is 75.3 Å². The summed E-state index contributed by atoms with van der Waals surface area (Å²) < 4.78 is 26.6. The van der Waals surface area contributed by atoms with E-state index in [1.807, 2.05) is 32.9 Å². The standard InChI is InChI=1S/C17H19ClN2O3S/c1-11-7-12(2)17(13(3)8-11)20-16(21)10-19-24(22,23)15-6-4-5-14(18)9-15/h4-9,19H,10H2,1-3H3,(H,20,21). The number of aryl methyl sites for hydroxylation is 3. The predicted octanol–water partition coefficient (Wildman–Crippen LogP) is 3.18. The molecule has 24 heavy (non-hydrogen) atoms. The van der Waals surface area contributed by atoms with Crippen molar-refractivity contribution >= 4 is 33.2 Å². The SMILES string of the molecule is Cc1cc(C)c(NC(=O)CNS(=O)(=O)c2cccc(Cl)c2)c(C)c1. The van der Waals surface area contributed by atoms with Crippen LogP contribution in [0.15, 0.2) is 41.3 Å². The van der Waals surface area contributed by atoms with Gasteiger partial charge < -0.3 is 5.32 Å². The van der Waals surface area contributed by atoms with Gasteiger partial charge in [0.25, 0.3) is 0 Å². The molecule has 7 heteroatoms. The monoisotopic (exact) mass is 366 g/mol. The minimum Gasteiger partial charge on any atom is -0.324 e. The smallest absolute Gasteiger partial charge is 0.241 e. The number of hydrogen-bond acceptors (Lipinski definition) is 3. The van der Waals surface area contributed by atoms with Crippen molar-refractivity contribution in [1.82, 2.24) is 4.72 Å². The van der Waals surface area contributed by atoms with Gasteiger partial charge in [-0.3, -0.25) is 4.79 Å². The minimum atomic E-state index is -3.79. The van der Waals surface area contributed by atoms with Crippen LogP contribution in [0.4, 0.5) is 5.69 Å². The van der Waals surface area contributed by atoms with Crippen molar-refractivity contribution in [2.24, 2.45) is 0 Å². The van der Waals surface area contributed by atoms with Gasteiger partial charge in [-0.05, 0) is 50.1 Å². The second kappa shape index (κ2) is 7.34. The number of nitrogens with one attached hydrogen (secondary N) is 2. The zero-order valence-electron chi connectivity index (χ0n) is 13.7. The summed E-state index contributed by atoms with van der Waals surface area (Å²) in [6.45, 7) is 5.41. The summed E-state index contributed by atoms with van der Waals surface area (Å²) in [5, 5.41) is 3.06. The van der Waals surface area contributed by atoms with E-state index in [9.17, 15) is 13.2 Å². The third kappa shape index (κ3) is 4.56. The Morgan fingerprint density at radius 1 is 1.08 bits per heavy atom. The first-order valence-corrected chi connectivity index (χ1v) is 9.18. The molecule has 0 atom stereocenters. The van der Waals surface area contributed by atoms with Crippen LogP contribution in [0.2, 0.25) is 5.02 Å². The van der Waals surface area contributed by atoms with Gasteiger partial charge >= 0.3 is 0 Å². The molecule has 0 saturated carbocycles. The number of rotatable bonds is 5. The second-order valence-corrected chi connectivity index (χ2v) is 7.81. The van der Waals surface area contributed by atoms with Gasteiger partial charge in [-0.1, -0.05) is 35.4 Å². The fraction of sp³-hybridized carbons (Fsp3) is 0.235. The second-order valence-electron chi connectivity index (χ2n) is 5.60. The molecule has 5 nitrogen and oxygen atoms in total. The molecule has 0 heterocycles. The molecule has 0 aliphatic rings. The lowest BCUT2D eigenvalue weighted by atomic mass is 10.1. The molecule has 0 aromatic heterocycles. The molecule has 2 aromatic carbocycles. The summed E-state index contributed by atoms with van der Waals surface area (Å²) in [4.78, 5) is 12.1. The Labute approximate surface area is 147 Å². The van der Waals surface area contributed by atoms with E-state index in [4.69, 9.17) is 11.6 Å². The Balaban J connectivity index is 2.06. The first kappa shape index (κ1) is 18.4. The molecule has 2 aromatic rings. The van der Waals surface area contributed by atoms with Gasteiger partial charge in [0.15, 0.2) is 0 Å². The Bertz CT molecular complexity index is 856. The molecule has 0 unspecified atom stereocenters. The van der Waals surface area contributed by atoms with Crippen molar-refractivity contribution in [1.29, 1.82) is 0 Å². The fourth-order valence-electron chi connectivity index (χ4n) is 2.44. The van der Waals surface area contributed by atoms with Gasteiger partial charge in [-0.15, -0.1) is 0 Å². The minimum absolute atomic E-state index is 0.0190. The maximum Gasteiger partial charge on any atom is 0.241 e. The van der Waals surface area contributed by atoms with E-state index in [2.05, 4.69) is 10.0 Å². The average molecular weight is 367 g/mol. The molecular weight excluding hydrogens is 348 g/mol. The predicted molar refractivity (Wildman–Crippen MR) is 95.9 cm³/mol. The van der Waals surface area contributed by atoms with Gasteiger partial charge in [-0.25, -0.2) is 13.1 Å². The lowest BCUT2D eigenvalue weighted by Crippen LogP contribution is -2.33. The van der Waals surface area contributed by atoms with Crippen LogP contribution in [-0.2, 0) is 14.8 Å². The molecule has 0 aliphatic heterocycles. The zero-order valence-corrected chi connectivity index (χ0v) is 15.3. The van der Waals surface area contributed by atoms with E-state index >= 15 is 0 Å². The number of benzene rings is 2. The number of hydrogen-bond donors (Lipinski definition) is 2. The van der Waals surface area contributed by atoms with Crippen molar-refractivity contribution < 1.29 is 13.2 Å². The fourth-order valence-corrected chi connectivity index (χ4v) is 3.72. The van der Waals surface area contributed by atoms with Crippen LogP contribution >= 0.6 is 11.6 Å². The van der Waals surface area contributed by atoms with Gasteiger partial charge in [0.2, 0.25) is 15.9 Å². The molecular formula is C17H19ClN2O3S. The number of anilines is 1. The van der Waals surface area contributed by atoms with Crippen LogP contribution in [0.25, 0.3) is 0 Å². The van der Waals surface area contributed by atoms with Gasteiger partial charge in [0.05, 0.1) is 11.4 Å². The van der Waals surface area contributed by atoms with Crippen LogP contribution in [0.3, 0.4) is 0 Å². The normalized spacial score (nSPS) is 11.3. The highest BCUT2D eigenvalue weighted by molar-refractivity contribution is 7.89. The van der Waals surface area contributed by atoms with Crippen LogP contribution in [0.1, 0.15) is 16.7 Å². The molecule has 0 bridgehead atoms. The number of halogens is 1. The highest BCUT2D eigenvalue weighted by Crippen LogP contribution is 2.21. The van der Waals surface area contributed by atoms with Crippen LogP contribution in [0, 0.1) is 20.8 Å². The van der Waals surface area contributed by atoms with Crippen molar-refractivity contribution in [2.75, 3.05) is 11.9 Å². The summed E-state index contributed by atoms with van der Waals surface area (Å²) in [6.07, 6.45) is 0. The highest BCUT2D eigenvalue weighted by Gasteiger charge is 2.16.